The molecule has 0 radical (unpaired) electrons. The van der Waals surface area contributed by atoms with Gasteiger partial charge in [0.25, 0.3) is 0 Å². The standard InChI is InChI=1S/C21H24ClN3O/c1-13-7-14(2)12-25(11-13)21-23-10-18-19(24-21)8-16(9-20(18)26)15-3-5-17(22)6-4-15/h3-6,10,13-14,16H,7-9,11-12H2,1-2H3/t13-,14-,16-/m1/s1. The second kappa shape index (κ2) is 6.99. The number of aromatic nitrogens is 2. The Hall–Kier alpha value is -1.94. The monoisotopic (exact) mass is 369 g/mol. The molecule has 1 aliphatic heterocycles. The van der Waals surface area contributed by atoms with E-state index in [9.17, 15) is 4.79 Å². The number of halogens is 1. The van der Waals surface area contributed by atoms with Crippen molar-refractivity contribution >= 4 is 23.3 Å². The molecule has 0 amide bonds. The molecule has 2 aliphatic rings. The summed E-state index contributed by atoms with van der Waals surface area (Å²) in [4.78, 5) is 24.2. The van der Waals surface area contributed by atoms with Crippen LogP contribution in [0.1, 0.15) is 54.2 Å². The summed E-state index contributed by atoms with van der Waals surface area (Å²) in [5, 5.41) is 0.717. The second-order valence-corrected chi connectivity index (χ2v) is 8.40. The summed E-state index contributed by atoms with van der Waals surface area (Å²) < 4.78 is 0. The molecule has 4 nitrogen and oxygen atoms in total. The molecule has 0 spiro atoms. The minimum Gasteiger partial charge on any atom is -0.340 e. The highest BCUT2D eigenvalue weighted by Gasteiger charge is 2.30. The van der Waals surface area contributed by atoms with Crippen molar-refractivity contribution in [1.29, 1.82) is 0 Å². The molecular weight excluding hydrogens is 346 g/mol. The number of benzene rings is 1. The molecule has 26 heavy (non-hydrogen) atoms. The van der Waals surface area contributed by atoms with Crippen LogP contribution in [0.15, 0.2) is 30.5 Å². The number of nitrogens with zero attached hydrogens (tertiary/aromatic N) is 3. The Morgan fingerprint density at radius 2 is 1.77 bits per heavy atom. The Kier molecular flexibility index (Phi) is 4.70. The molecule has 0 unspecified atom stereocenters. The normalized spacial score (nSPS) is 25.9. The molecule has 1 aromatic carbocycles. The van der Waals surface area contributed by atoms with Gasteiger partial charge in [0.15, 0.2) is 5.78 Å². The molecule has 2 aromatic rings. The number of carbonyl (C=O) groups is 1. The van der Waals surface area contributed by atoms with Gasteiger partial charge in [-0.15, -0.1) is 0 Å². The zero-order valence-electron chi connectivity index (χ0n) is 15.3. The van der Waals surface area contributed by atoms with E-state index >= 15 is 0 Å². The molecule has 1 aliphatic carbocycles. The average molecular weight is 370 g/mol. The van der Waals surface area contributed by atoms with Crippen molar-refractivity contribution < 1.29 is 4.79 Å². The summed E-state index contributed by atoms with van der Waals surface area (Å²) in [6.07, 6.45) is 4.27. The zero-order valence-corrected chi connectivity index (χ0v) is 16.0. The first kappa shape index (κ1) is 17.5. The lowest BCUT2D eigenvalue weighted by molar-refractivity contribution is 0.0962. The maximum Gasteiger partial charge on any atom is 0.225 e. The van der Waals surface area contributed by atoms with Gasteiger partial charge in [0.05, 0.1) is 11.3 Å². The van der Waals surface area contributed by atoms with Crippen LogP contribution in [0.5, 0.6) is 0 Å². The number of piperidine rings is 1. The maximum absolute atomic E-state index is 12.6. The van der Waals surface area contributed by atoms with Crippen molar-refractivity contribution in [2.75, 3.05) is 18.0 Å². The number of fused-ring (bicyclic) bond motifs is 1. The van der Waals surface area contributed by atoms with Gasteiger partial charge in [0.2, 0.25) is 5.95 Å². The van der Waals surface area contributed by atoms with Gasteiger partial charge < -0.3 is 4.90 Å². The van der Waals surface area contributed by atoms with E-state index in [-0.39, 0.29) is 11.7 Å². The van der Waals surface area contributed by atoms with E-state index in [1.54, 1.807) is 6.20 Å². The molecule has 0 bridgehead atoms. The van der Waals surface area contributed by atoms with E-state index in [1.807, 2.05) is 24.3 Å². The predicted octanol–water partition coefficient (Wildman–Crippen LogP) is 4.53. The molecule has 0 saturated carbocycles. The van der Waals surface area contributed by atoms with Crippen LogP contribution in [0.3, 0.4) is 0 Å². The number of rotatable bonds is 2. The molecule has 1 fully saturated rings. The summed E-state index contributed by atoms with van der Waals surface area (Å²) in [5.74, 6) is 2.35. The van der Waals surface area contributed by atoms with E-state index in [1.165, 1.54) is 6.42 Å². The topological polar surface area (TPSA) is 46.1 Å². The van der Waals surface area contributed by atoms with Gasteiger partial charge in [-0.2, -0.15) is 0 Å². The third-order valence-electron chi connectivity index (χ3n) is 5.52. The molecule has 3 atom stereocenters. The van der Waals surface area contributed by atoms with Crippen LogP contribution >= 0.6 is 11.6 Å². The minimum absolute atomic E-state index is 0.137. The van der Waals surface area contributed by atoms with Crippen LogP contribution < -0.4 is 4.90 Å². The first-order chi connectivity index (χ1) is 12.5. The highest BCUT2D eigenvalue weighted by atomic mass is 35.5. The molecule has 2 heterocycles. The Labute approximate surface area is 159 Å². The number of anilines is 1. The zero-order chi connectivity index (χ0) is 18.3. The van der Waals surface area contributed by atoms with Crippen LogP contribution in [0, 0.1) is 11.8 Å². The van der Waals surface area contributed by atoms with Gasteiger partial charge in [-0.1, -0.05) is 37.6 Å². The third-order valence-corrected chi connectivity index (χ3v) is 5.77. The van der Waals surface area contributed by atoms with Crippen LogP contribution in [0.2, 0.25) is 5.02 Å². The number of hydrogen-bond acceptors (Lipinski definition) is 4. The Bertz CT molecular complexity index is 811. The van der Waals surface area contributed by atoms with Crippen molar-refractivity contribution in [3.63, 3.8) is 0 Å². The van der Waals surface area contributed by atoms with Crippen LogP contribution in [-0.2, 0) is 6.42 Å². The Morgan fingerprint density at radius 1 is 1.08 bits per heavy atom. The number of Topliss-reactive ketones (excluding diaryl/α,β-unsaturated/α-hetero) is 1. The summed E-state index contributed by atoms with van der Waals surface area (Å²) in [7, 11) is 0. The molecule has 1 aromatic heterocycles. The van der Waals surface area contributed by atoms with E-state index in [4.69, 9.17) is 16.6 Å². The van der Waals surface area contributed by atoms with Crippen LogP contribution in [-0.4, -0.2) is 28.8 Å². The van der Waals surface area contributed by atoms with Gasteiger partial charge in [-0.25, -0.2) is 9.97 Å². The highest BCUT2D eigenvalue weighted by Crippen LogP contribution is 2.33. The molecule has 5 heteroatoms. The predicted molar refractivity (Wildman–Crippen MR) is 104 cm³/mol. The Balaban J connectivity index is 1.61. The van der Waals surface area contributed by atoms with Gasteiger partial charge in [-0.3, -0.25) is 4.79 Å². The van der Waals surface area contributed by atoms with Crippen molar-refractivity contribution in [3.05, 3.63) is 52.3 Å². The lowest BCUT2D eigenvalue weighted by Crippen LogP contribution is -2.40. The fraction of sp³-hybridized carbons (Fsp3) is 0.476. The average Bonchev–Trinajstić information content (AvgIpc) is 2.61. The molecule has 4 rings (SSSR count). The lowest BCUT2D eigenvalue weighted by atomic mass is 9.82. The molecule has 0 N–H and O–H groups in total. The first-order valence-corrected chi connectivity index (χ1v) is 9.77. The number of ketones is 1. The SMILES string of the molecule is C[C@@H]1C[C@@H](C)CN(c2ncc3c(n2)C[C@@H](c2ccc(Cl)cc2)CC3=O)C1. The van der Waals surface area contributed by atoms with E-state index in [0.717, 1.165) is 36.7 Å². The summed E-state index contributed by atoms with van der Waals surface area (Å²) >= 11 is 6.00. The first-order valence-electron chi connectivity index (χ1n) is 9.39. The summed E-state index contributed by atoms with van der Waals surface area (Å²) in [6.45, 7) is 6.53. The van der Waals surface area contributed by atoms with Crippen LogP contribution in [0.25, 0.3) is 0 Å². The second-order valence-electron chi connectivity index (χ2n) is 7.96. The van der Waals surface area contributed by atoms with Crippen molar-refractivity contribution in [2.45, 2.75) is 39.0 Å². The van der Waals surface area contributed by atoms with E-state index in [0.29, 0.717) is 28.8 Å². The maximum atomic E-state index is 12.6. The summed E-state index contributed by atoms with van der Waals surface area (Å²) in [5.41, 5.74) is 2.72. The van der Waals surface area contributed by atoms with E-state index < -0.39 is 0 Å². The lowest BCUT2D eigenvalue weighted by Gasteiger charge is -2.35. The smallest absolute Gasteiger partial charge is 0.225 e. The van der Waals surface area contributed by atoms with Gasteiger partial charge in [-0.05, 0) is 48.3 Å². The number of hydrogen-bond donors (Lipinski definition) is 0. The van der Waals surface area contributed by atoms with Crippen LogP contribution in [0.4, 0.5) is 5.95 Å². The fourth-order valence-electron chi connectivity index (χ4n) is 4.38. The number of carbonyl (C=O) groups excluding carboxylic acids is 1. The molecular formula is C21H24ClN3O. The third kappa shape index (κ3) is 3.48. The largest absolute Gasteiger partial charge is 0.340 e. The highest BCUT2D eigenvalue weighted by molar-refractivity contribution is 6.30. The summed E-state index contributed by atoms with van der Waals surface area (Å²) in [6, 6.07) is 7.81. The van der Waals surface area contributed by atoms with Gasteiger partial charge in [0.1, 0.15) is 0 Å². The van der Waals surface area contributed by atoms with Crippen molar-refractivity contribution in [2.24, 2.45) is 11.8 Å². The molecule has 1 saturated heterocycles. The van der Waals surface area contributed by atoms with Crippen molar-refractivity contribution in [3.8, 4) is 0 Å². The molecule has 136 valence electrons. The van der Waals surface area contributed by atoms with Crippen molar-refractivity contribution in [1.82, 2.24) is 9.97 Å². The fourth-order valence-corrected chi connectivity index (χ4v) is 4.51. The van der Waals surface area contributed by atoms with E-state index in [2.05, 4.69) is 23.7 Å². The minimum atomic E-state index is 0.137. The van der Waals surface area contributed by atoms with Gasteiger partial charge >= 0.3 is 0 Å². The van der Waals surface area contributed by atoms with Gasteiger partial charge in [0, 0.05) is 30.7 Å². The quantitative estimate of drug-likeness (QED) is 0.780. The Morgan fingerprint density at radius 3 is 2.46 bits per heavy atom.